The molecule has 6 heteroatoms. The van der Waals surface area contributed by atoms with Crippen molar-refractivity contribution in [2.75, 3.05) is 18.0 Å². The van der Waals surface area contributed by atoms with Crippen molar-refractivity contribution in [1.82, 2.24) is 15.5 Å². The molecule has 0 aliphatic carbocycles. The first-order chi connectivity index (χ1) is 13.7. The van der Waals surface area contributed by atoms with Gasteiger partial charge in [-0.25, -0.2) is 0 Å². The molecular weight excluding hydrogens is 352 g/mol. The van der Waals surface area contributed by atoms with Gasteiger partial charge in [-0.05, 0) is 37.5 Å². The quantitative estimate of drug-likeness (QED) is 0.733. The lowest BCUT2D eigenvalue weighted by Crippen LogP contribution is -2.41. The molecule has 3 aromatic rings. The van der Waals surface area contributed by atoms with E-state index in [4.69, 9.17) is 4.42 Å². The zero-order chi connectivity index (χ0) is 19.3. The first kappa shape index (κ1) is 18.2. The minimum atomic E-state index is 0.0103. The van der Waals surface area contributed by atoms with Crippen LogP contribution in [0.15, 0.2) is 65.1 Å². The second kappa shape index (κ2) is 8.25. The Morgan fingerprint density at radius 2 is 1.68 bits per heavy atom. The molecular formula is C22H24N4O2. The average Bonchev–Trinajstić information content (AvgIpc) is 3.25. The summed E-state index contributed by atoms with van der Waals surface area (Å²) < 4.78 is 5.83. The van der Waals surface area contributed by atoms with Crippen molar-refractivity contribution < 1.29 is 9.21 Å². The zero-order valence-corrected chi connectivity index (χ0v) is 15.9. The molecule has 2 aromatic carbocycles. The summed E-state index contributed by atoms with van der Waals surface area (Å²) in [5.41, 5.74) is 2.03. The SMILES string of the molecule is C[C@H](NC(=O)C1CCN(c2nnc(-c3ccccc3)o2)CC1)c1ccccc1. The van der Waals surface area contributed by atoms with Crippen LogP contribution >= 0.6 is 0 Å². The molecule has 1 N–H and O–H groups in total. The van der Waals surface area contributed by atoms with Gasteiger partial charge in [0.1, 0.15) is 0 Å². The van der Waals surface area contributed by atoms with Gasteiger partial charge < -0.3 is 14.6 Å². The Hall–Kier alpha value is -3.15. The Morgan fingerprint density at radius 1 is 1.04 bits per heavy atom. The van der Waals surface area contributed by atoms with Crippen molar-refractivity contribution >= 4 is 11.9 Å². The van der Waals surface area contributed by atoms with Gasteiger partial charge in [-0.1, -0.05) is 53.6 Å². The molecule has 1 saturated heterocycles. The number of aromatic nitrogens is 2. The van der Waals surface area contributed by atoms with Crippen LogP contribution in [0.25, 0.3) is 11.5 Å². The van der Waals surface area contributed by atoms with Gasteiger partial charge in [0.2, 0.25) is 11.8 Å². The van der Waals surface area contributed by atoms with Crippen LogP contribution in [0.2, 0.25) is 0 Å². The van der Waals surface area contributed by atoms with Crippen LogP contribution in [0, 0.1) is 5.92 Å². The van der Waals surface area contributed by atoms with Crippen LogP contribution in [0.3, 0.4) is 0 Å². The number of carbonyl (C=O) groups is 1. The molecule has 0 saturated carbocycles. The molecule has 144 valence electrons. The Bertz CT molecular complexity index is 903. The number of nitrogens with one attached hydrogen (secondary N) is 1. The Kier molecular flexibility index (Phi) is 5.37. The molecule has 1 atom stereocenters. The van der Waals surface area contributed by atoms with Gasteiger partial charge in [0.05, 0.1) is 6.04 Å². The first-order valence-corrected chi connectivity index (χ1v) is 9.70. The Labute approximate surface area is 164 Å². The highest BCUT2D eigenvalue weighted by Gasteiger charge is 2.28. The van der Waals surface area contributed by atoms with E-state index in [0.29, 0.717) is 11.9 Å². The van der Waals surface area contributed by atoms with Crippen LogP contribution < -0.4 is 10.2 Å². The Balaban J connectivity index is 1.32. The summed E-state index contributed by atoms with van der Waals surface area (Å²) >= 11 is 0. The van der Waals surface area contributed by atoms with Crippen molar-refractivity contribution in [2.24, 2.45) is 5.92 Å². The minimum absolute atomic E-state index is 0.0103. The monoisotopic (exact) mass is 376 g/mol. The highest BCUT2D eigenvalue weighted by atomic mass is 16.4. The van der Waals surface area contributed by atoms with E-state index >= 15 is 0 Å². The molecule has 2 heterocycles. The lowest BCUT2D eigenvalue weighted by atomic mass is 9.95. The summed E-state index contributed by atoms with van der Waals surface area (Å²) in [5.74, 6) is 0.651. The zero-order valence-electron chi connectivity index (χ0n) is 15.9. The maximum absolute atomic E-state index is 12.6. The van der Waals surface area contributed by atoms with Gasteiger partial charge in [-0.15, -0.1) is 5.10 Å². The van der Waals surface area contributed by atoms with Gasteiger partial charge in [-0.3, -0.25) is 4.79 Å². The highest BCUT2D eigenvalue weighted by Crippen LogP contribution is 2.26. The number of piperidine rings is 1. The van der Waals surface area contributed by atoms with Gasteiger partial charge in [0.15, 0.2) is 0 Å². The van der Waals surface area contributed by atoms with Gasteiger partial charge in [0, 0.05) is 24.6 Å². The van der Waals surface area contributed by atoms with E-state index in [2.05, 4.69) is 20.4 Å². The molecule has 6 nitrogen and oxygen atoms in total. The van der Waals surface area contributed by atoms with Gasteiger partial charge in [-0.2, -0.15) is 0 Å². The molecule has 0 radical (unpaired) electrons. The minimum Gasteiger partial charge on any atom is -0.403 e. The molecule has 0 bridgehead atoms. The first-order valence-electron chi connectivity index (χ1n) is 9.70. The van der Waals surface area contributed by atoms with Crippen molar-refractivity contribution in [3.8, 4) is 11.5 Å². The lowest BCUT2D eigenvalue weighted by molar-refractivity contribution is -0.126. The van der Waals surface area contributed by atoms with Crippen LogP contribution in [0.5, 0.6) is 0 Å². The molecule has 1 fully saturated rings. The van der Waals surface area contributed by atoms with E-state index < -0.39 is 0 Å². The van der Waals surface area contributed by atoms with E-state index in [9.17, 15) is 4.79 Å². The molecule has 1 aliphatic heterocycles. The van der Waals surface area contributed by atoms with E-state index in [1.807, 2.05) is 67.6 Å². The van der Waals surface area contributed by atoms with E-state index in [1.54, 1.807) is 0 Å². The molecule has 4 rings (SSSR count). The normalized spacial score (nSPS) is 16.0. The number of anilines is 1. The van der Waals surface area contributed by atoms with Gasteiger partial charge >= 0.3 is 6.01 Å². The number of nitrogens with zero attached hydrogens (tertiary/aromatic N) is 3. The van der Waals surface area contributed by atoms with E-state index in [1.165, 1.54) is 0 Å². The number of hydrogen-bond acceptors (Lipinski definition) is 5. The maximum atomic E-state index is 12.6. The summed E-state index contributed by atoms with van der Waals surface area (Å²) in [5, 5.41) is 11.5. The van der Waals surface area contributed by atoms with Crippen LogP contribution in [-0.4, -0.2) is 29.2 Å². The second-order valence-corrected chi connectivity index (χ2v) is 7.16. The predicted molar refractivity (Wildman–Crippen MR) is 108 cm³/mol. The summed E-state index contributed by atoms with van der Waals surface area (Å²) in [6.07, 6.45) is 1.55. The number of hydrogen-bond donors (Lipinski definition) is 1. The summed E-state index contributed by atoms with van der Waals surface area (Å²) in [6, 6.07) is 20.3. The number of amides is 1. The lowest BCUT2D eigenvalue weighted by Gasteiger charge is -2.30. The van der Waals surface area contributed by atoms with Crippen LogP contribution in [0.4, 0.5) is 6.01 Å². The summed E-state index contributed by atoms with van der Waals surface area (Å²) in [6.45, 7) is 3.48. The third-order valence-electron chi connectivity index (χ3n) is 5.23. The largest absolute Gasteiger partial charge is 0.403 e. The van der Waals surface area contributed by atoms with Crippen molar-refractivity contribution in [1.29, 1.82) is 0 Å². The van der Waals surface area contributed by atoms with Crippen molar-refractivity contribution in [3.63, 3.8) is 0 Å². The molecule has 0 unspecified atom stereocenters. The predicted octanol–water partition coefficient (Wildman–Crippen LogP) is 3.83. The molecule has 1 aromatic heterocycles. The maximum Gasteiger partial charge on any atom is 0.318 e. The fourth-order valence-corrected chi connectivity index (χ4v) is 3.53. The smallest absolute Gasteiger partial charge is 0.318 e. The molecule has 28 heavy (non-hydrogen) atoms. The van der Waals surface area contributed by atoms with Crippen molar-refractivity contribution in [2.45, 2.75) is 25.8 Å². The summed E-state index contributed by atoms with van der Waals surface area (Å²) in [4.78, 5) is 14.7. The third-order valence-corrected chi connectivity index (χ3v) is 5.23. The standard InChI is InChI=1S/C22H24N4O2/c1-16(17-8-4-2-5-9-17)23-20(27)18-12-14-26(15-13-18)22-25-24-21(28-22)19-10-6-3-7-11-19/h2-11,16,18H,12-15H2,1H3,(H,23,27)/t16-/m0/s1. The Morgan fingerprint density at radius 3 is 2.36 bits per heavy atom. The fourth-order valence-electron chi connectivity index (χ4n) is 3.53. The van der Waals surface area contributed by atoms with E-state index in [0.717, 1.165) is 37.1 Å². The second-order valence-electron chi connectivity index (χ2n) is 7.16. The number of rotatable bonds is 5. The molecule has 1 amide bonds. The summed E-state index contributed by atoms with van der Waals surface area (Å²) in [7, 11) is 0. The van der Waals surface area contributed by atoms with Crippen LogP contribution in [-0.2, 0) is 4.79 Å². The average molecular weight is 376 g/mol. The molecule has 1 aliphatic rings. The third kappa shape index (κ3) is 4.06. The van der Waals surface area contributed by atoms with Gasteiger partial charge in [0.25, 0.3) is 0 Å². The van der Waals surface area contributed by atoms with Crippen LogP contribution in [0.1, 0.15) is 31.4 Å². The molecule has 0 spiro atoms. The van der Waals surface area contributed by atoms with Crippen molar-refractivity contribution in [3.05, 3.63) is 66.2 Å². The number of carbonyl (C=O) groups excluding carboxylic acids is 1. The topological polar surface area (TPSA) is 71.3 Å². The van der Waals surface area contributed by atoms with E-state index in [-0.39, 0.29) is 17.9 Å². The number of benzene rings is 2. The fraction of sp³-hybridized carbons (Fsp3) is 0.318. The highest BCUT2D eigenvalue weighted by molar-refractivity contribution is 5.79.